The van der Waals surface area contributed by atoms with E-state index in [1.807, 2.05) is 18.2 Å². The van der Waals surface area contributed by atoms with E-state index in [2.05, 4.69) is 27.7 Å². The molecular formula is C21H26N4O2. The molecule has 0 aliphatic carbocycles. The number of piperidine rings is 1. The van der Waals surface area contributed by atoms with Crippen molar-refractivity contribution < 1.29 is 9.59 Å². The number of primary amides is 1. The lowest BCUT2D eigenvalue weighted by atomic mass is 10.0. The fourth-order valence-corrected chi connectivity index (χ4v) is 3.35. The third kappa shape index (κ3) is 5.82. The third-order valence-corrected chi connectivity index (χ3v) is 4.76. The van der Waals surface area contributed by atoms with Crippen LogP contribution in [0.1, 0.15) is 29.6 Å². The molecule has 1 saturated heterocycles. The van der Waals surface area contributed by atoms with Gasteiger partial charge in [0.15, 0.2) is 0 Å². The highest BCUT2D eigenvalue weighted by atomic mass is 16.2. The van der Waals surface area contributed by atoms with Gasteiger partial charge in [-0.15, -0.1) is 0 Å². The number of nitrogens with one attached hydrogen (secondary N) is 2. The Morgan fingerprint density at radius 1 is 1.04 bits per heavy atom. The predicted molar refractivity (Wildman–Crippen MR) is 108 cm³/mol. The highest BCUT2D eigenvalue weighted by Gasteiger charge is 2.20. The Morgan fingerprint density at radius 3 is 2.48 bits per heavy atom. The van der Waals surface area contributed by atoms with Crippen LogP contribution in [0.4, 0.5) is 11.4 Å². The largest absolute Gasteiger partial charge is 0.381 e. The van der Waals surface area contributed by atoms with Gasteiger partial charge in [-0.1, -0.05) is 18.2 Å². The summed E-state index contributed by atoms with van der Waals surface area (Å²) in [6.07, 6.45) is 2.71. The first-order valence-corrected chi connectivity index (χ1v) is 9.34. The Bertz CT molecular complexity index is 762. The number of hydrogen-bond donors (Lipinski definition) is 3. The van der Waals surface area contributed by atoms with E-state index in [9.17, 15) is 9.59 Å². The third-order valence-electron chi connectivity index (χ3n) is 4.76. The van der Waals surface area contributed by atoms with E-state index in [1.54, 1.807) is 24.3 Å². The molecule has 2 amide bonds. The SMILES string of the molecule is NC(=O)c1ccc(NC(=O)CCN2CCCC(Nc3ccccc3)C2)cc1. The molecular weight excluding hydrogens is 340 g/mol. The predicted octanol–water partition coefficient (Wildman–Crippen LogP) is 2.69. The molecule has 1 heterocycles. The molecule has 0 spiro atoms. The molecule has 2 aromatic carbocycles. The summed E-state index contributed by atoms with van der Waals surface area (Å²) in [6.45, 7) is 2.70. The van der Waals surface area contributed by atoms with E-state index in [0.717, 1.165) is 38.2 Å². The number of para-hydroxylation sites is 1. The van der Waals surface area contributed by atoms with E-state index >= 15 is 0 Å². The summed E-state index contributed by atoms with van der Waals surface area (Å²) in [5.74, 6) is -0.503. The molecule has 6 heteroatoms. The van der Waals surface area contributed by atoms with Gasteiger partial charge >= 0.3 is 0 Å². The second-order valence-corrected chi connectivity index (χ2v) is 6.89. The number of anilines is 2. The summed E-state index contributed by atoms with van der Waals surface area (Å²) < 4.78 is 0. The summed E-state index contributed by atoms with van der Waals surface area (Å²) in [7, 11) is 0. The van der Waals surface area contributed by atoms with Crippen molar-refractivity contribution in [3.8, 4) is 0 Å². The van der Waals surface area contributed by atoms with Crippen LogP contribution in [0.25, 0.3) is 0 Å². The number of carbonyl (C=O) groups excluding carboxylic acids is 2. The minimum absolute atomic E-state index is 0.0278. The first-order valence-electron chi connectivity index (χ1n) is 9.34. The van der Waals surface area contributed by atoms with Crippen LogP contribution < -0.4 is 16.4 Å². The van der Waals surface area contributed by atoms with Crippen molar-refractivity contribution >= 4 is 23.2 Å². The molecule has 0 bridgehead atoms. The standard InChI is InChI=1S/C21H26N4O2/c22-21(27)16-8-10-18(11-9-16)24-20(26)12-14-25-13-4-7-19(15-25)23-17-5-2-1-3-6-17/h1-3,5-6,8-11,19,23H,4,7,12-15H2,(H2,22,27)(H,24,26). The fraction of sp³-hybridized carbons (Fsp3) is 0.333. The van der Waals surface area contributed by atoms with Gasteiger partial charge in [0.1, 0.15) is 0 Å². The average Bonchev–Trinajstić information content (AvgIpc) is 2.68. The topological polar surface area (TPSA) is 87.5 Å². The molecule has 6 nitrogen and oxygen atoms in total. The molecule has 0 saturated carbocycles. The number of likely N-dealkylation sites (tertiary alicyclic amines) is 1. The number of nitrogens with zero attached hydrogens (tertiary/aromatic N) is 1. The number of benzene rings is 2. The number of nitrogens with two attached hydrogens (primary N) is 1. The molecule has 0 radical (unpaired) electrons. The van der Waals surface area contributed by atoms with Crippen LogP contribution in [-0.4, -0.2) is 42.4 Å². The minimum Gasteiger partial charge on any atom is -0.381 e. The lowest BCUT2D eigenvalue weighted by Crippen LogP contribution is -2.43. The average molecular weight is 366 g/mol. The smallest absolute Gasteiger partial charge is 0.248 e. The molecule has 27 heavy (non-hydrogen) atoms. The zero-order valence-electron chi connectivity index (χ0n) is 15.4. The summed E-state index contributed by atoms with van der Waals surface area (Å²) >= 11 is 0. The van der Waals surface area contributed by atoms with E-state index in [-0.39, 0.29) is 5.91 Å². The Labute approximate surface area is 159 Å². The van der Waals surface area contributed by atoms with Crippen LogP contribution in [-0.2, 0) is 4.79 Å². The van der Waals surface area contributed by atoms with Crippen molar-refractivity contribution in [2.24, 2.45) is 5.73 Å². The molecule has 1 fully saturated rings. The summed E-state index contributed by atoms with van der Waals surface area (Å²) in [6, 6.07) is 17.3. The molecule has 1 aliphatic rings. The summed E-state index contributed by atoms with van der Waals surface area (Å²) in [5, 5.41) is 6.44. The first-order chi connectivity index (χ1) is 13.1. The second kappa shape index (κ2) is 9.19. The van der Waals surface area contributed by atoms with Crippen LogP contribution in [0, 0.1) is 0 Å². The van der Waals surface area contributed by atoms with Crippen molar-refractivity contribution in [1.82, 2.24) is 4.90 Å². The quantitative estimate of drug-likeness (QED) is 0.703. The van der Waals surface area contributed by atoms with Crippen molar-refractivity contribution in [3.63, 3.8) is 0 Å². The summed E-state index contributed by atoms with van der Waals surface area (Å²) in [5.41, 5.74) is 7.46. The van der Waals surface area contributed by atoms with Gasteiger partial charge in [0.05, 0.1) is 0 Å². The maximum Gasteiger partial charge on any atom is 0.248 e. The first kappa shape index (κ1) is 18.9. The number of hydrogen-bond acceptors (Lipinski definition) is 4. The van der Waals surface area contributed by atoms with Gasteiger partial charge in [-0.25, -0.2) is 0 Å². The van der Waals surface area contributed by atoms with Crippen LogP contribution in [0.3, 0.4) is 0 Å². The van der Waals surface area contributed by atoms with Crippen LogP contribution in [0.2, 0.25) is 0 Å². The molecule has 1 unspecified atom stereocenters. The second-order valence-electron chi connectivity index (χ2n) is 6.89. The maximum absolute atomic E-state index is 12.2. The molecule has 2 aromatic rings. The number of amides is 2. The Kier molecular flexibility index (Phi) is 6.44. The van der Waals surface area contributed by atoms with E-state index < -0.39 is 5.91 Å². The normalized spacial score (nSPS) is 17.3. The molecule has 1 aliphatic heterocycles. The minimum atomic E-state index is -0.475. The zero-order chi connectivity index (χ0) is 19.1. The van der Waals surface area contributed by atoms with Gasteiger partial charge in [0, 0.05) is 42.5 Å². The monoisotopic (exact) mass is 366 g/mol. The van der Waals surface area contributed by atoms with Crippen molar-refractivity contribution in [3.05, 3.63) is 60.2 Å². The zero-order valence-corrected chi connectivity index (χ0v) is 15.4. The van der Waals surface area contributed by atoms with Crippen LogP contribution in [0.5, 0.6) is 0 Å². The van der Waals surface area contributed by atoms with Gasteiger partial charge in [-0.05, 0) is 55.8 Å². The van der Waals surface area contributed by atoms with Gasteiger partial charge < -0.3 is 21.3 Å². The lowest BCUT2D eigenvalue weighted by molar-refractivity contribution is -0.116. The van der Waals surface area contributed by atoms with Gasteiger partial charge in [-0.2, -0.15) is 0 Å². The maximum atomic E-state index is 12.2. The lowest BCUT2D eigenvalue weighted by Gasteiger charge is -2.33. The highest BCUT2D eigenvalue weighted by Crippen LogP contribution is 2.16. The van der Waals surface area contributed by atoms with Gasteiger partial charge in [0.25, 0.3) is 0 Å². The van der Waals surface area contributed by atoms with E-state index in [0.29, 0.717) is 23.7 Å². The highest BCUT2D eigenvalue weighted by molar-refractivity contribution is 5.94. The van der Waals surface area contributed by atoms with E-state index in [4.69, 9.17) is 5.73 Å². The Morgan fingerprint density at radius 2 is 1.78 bits per heavy atom. The van der Waals surface area contributed by atoms with Crippen LogP contribution in [0.15, 0.2) is 54.6 Å². The number of rotatable bonds is 7. The van der Waals surface area contributed by atoms with Crippen molar-refractivity contribution in [2.45, 2.75) is 25.3 Å². The fourth-order valence-electron chi connectivity index (χ4n) is 3.35. The van der Waals surface area contributed by atoms with Crippen LogP contribution >= 0.6 is 0 Å². The Hall–Kier alpha value is -2.86. The molecule has 142 valence electrons. The molecule has 1 atom stereocenters. The van der Waals surface area contributed by atoms with Crippen molar-refractivity contribution in [1.29, 1.82) is 0 Å². The van der Waals surface area contributed by atoms with Gasteiger partial charge in [-0.3, -0.25) is 9.59 Å². The Balaban J connectivity index is 1.43. The molecule has 4 N–H and O–H groups in total. The number of carbonyl (C=O) groups is 2. The summed E-state index contributed by atoms with van der Waals surface area (Å²) in [4.78, 5) is 25.6. The van der Waals surface area contributed by atoms with Crippen molar-refractivity contribution in [2.75, 3.05) is 30.3 Å². The molecule has 3 rings (SSSR count). The van der Waals surface area contributed by atoms with E-state index in [1.165, 1.54) is 0 Å². The van der Waals surface area contributed by atoms with Gasteiger partial charge in [0.2, 0.25) is 11.8 Å². The molecule has 0 aromatic heterocycles.